The summed E-state index contributed by atoms with van der Waals surface area (Å²) >= 11 is 0. The van der Waals surface area contributed by atoms with Crippen LogP contribution in [0.3, 0.4) is 0 Å². The van der Waals surface area contributed by atoms with Gasteiger partial charge in [0.25, 0.3) is 0 Å². The number of hydrogen-bond acceptors (Lipinski definition) is 8. The molecule has 0 bridgehead atoms. The minimum Gasteiger partial charge on any atom is -0.411 e. The van der Waals surface area contributed by atoms with Crippen molar-refractivity contribution in [1.82, 2.24) is 24.4 Å². The fourth-order valence-electron chi connectivity index (χ4n) is 6.02. The van der Waals surface area contributed by atoms with Crippen LogP contribution in [0.2, 0.25) is 0 Å². The molecule has 1 fully saturated rings. The highest BCUT2D eigenvalue weighted by Gasteiger charge is 2.41. The zero-order valence-corrected chi connectivity index (χ0v) is 29.4. The summed E-state index contributed by atoms with van der Waals surface area (Å²) in [5, 5.41) is 26.6. The van der Waals surface area contributed by atoms with Crippen molar-refractivity contribution in [3.05, 3.63) is 95.8 Å². The first-order valence-electron chi connectivity index (χ1n) is 16.7. The van der Waals surface area contributed by atoms with Gasteiger partial charge in [-0.3, -0.25) is 9.78 Å². The maximum atomic E-state index is 14.2. The van der Waals surface area contributed by atoms with Crippen molar-refractivity contribution in [3.63, 3.8) is 0 Å². The van der Waals surface area contributed by atoms with Gasteiger partial charge in [0.2, 0.25) is 15.9 Å². The fourth-order valence-corrected chi connectivity index (χ4v) is 7.64. The predicted molar refractivity (Wildman–Crippen MR) is 187 cm³/mol. The van der Waals surface area contributed by atoms with E-state index in [9.17, 15) is 23.1 Å². The van der Waals surface area contributed by atoms with Gasteiger partial charge >= 0.3 is 6.03 Å². The minimum atomic E-state index is -4.05. The van der Waals surface area contributed by atoms with E-state index in [4.69, 9.17) is 5.21 Å². The summed E-state index contributed by atoms with van der Waals surface area (Å²) in [4.78, 5) is 35.3. The van der Waals surface area contributed by atoms with Crippen LogP contribution in [0.5, 0.6) is 0 Å². The molecule has 0 spiro atoms. The number of aromatic nitrogens is 1. The van der Waals surface area contributed by atoms with Gasteiger partial charge in [-0.2, -0.15) is 4.31 Å². The topological polar surface area (TPSA) is 156 Å². The van der Waals surface area contributed by atoms with E-state index < -0.39 is 34.1 Å². The highest BCUT2D eigenvalue weighted by Crippen LogP contribution is 2.24. The number of oxime groups is 1. The lowest BCUT2D eigenvalue weighted by atomic mass is 9.95. The molecule has 1 aliphatic heterocycles. The summed E-state index contributed by atoms with van der Waals surface area (Å²) in [5.41, 5.74) is 2.32. The second-order valence-corrected chi connectivity index (χ2v) is 14.9. The van der Waals surface area contributed by atoms with E-state index in [0.717, 1.165) is 11.1 Å². The Balaban J connectivity index is 1.59. The van der Waals surface area contributed by atoms with Crippen molar-refractivity contribution in [2.45, 2.75) is 70.2 Å². The summed E-state index contributed by atoms with van der Waals surface area (Å²) in [7, 11) is -4.05. The molecule has 12 nitrogen and oxygen atoms in total. The molecule has 2 aromatic carbocycles. The van der Waals surface area contributed by atoms with Gasteiger partial charge in [0, 0.05) is 45.1 Å². The Morgan fingerprint density at radius 3 is 2.29 bits per heavy atom. The van der Waals surface area contributed by atoms with Gasteiger partial charge < -0.3 is 25.4 Å². The van der Waals surface area contributed by atoms with E-state index in [1.165, 1.54) is 34.8 Å². The number of rotatable bonds is 17. The molecule has 4 rings (SSSR count). The number of sulfonamides is 1. The van der Waals surface area contributed by atoms with Crippen LogP contribution in [-0.2, 0) is 27.8 Å². The van der Waals surface area contributed by atoms with Crippen LogP contribution in [-0.4, -0.2) is 100 Å². The van der Waals surface area contributed by atoms with Crippen LogP contribution in [0.25, 0.3) is 0 Å². The molecule has 0 radical (unpaired) electrons. The lowest BCUT2D eigenvalue weighted by molar-refractivity contribution is -0.128. The molecule has 4 atom stereocenters. The Labute approximate surface area is 289 Å². The second kappa shape index (κ2) is 17.4. The number of hydrogen-bond donors (Lipinski definition) is 3. The van der Waals surface area contributed by atoms with Gasteiger partial charge in [-0.25, -0.2) is 13.2 Å². The van der Waals surface area contributed by atoms with Gasteiger partial charge in [-0.1, -0.05) is 81.7 Å². The molecule has 3 aromatic rings. The number of nitrogens with zero attached hydrogens (tertiary/aromatic N) is 5. The van der Waals surface area contributed by atoms with Gasteiger partial charge in [0.15, 0.2) is 0 Å². The summed E-state index contributed by atoms with van der Waals surface area (Å²) in [6, 6.07) is 17.1. The molecule has 2 heterocycles. The standard InChI is InChI=1S/C36H48N6O6S/c1-5-27(4)34(42-20-19-40(36(42)45)24-30-15-17-37-18-16-30)35(44)39-32(21-28-9-7-6-8-10-28)33(43)25-41(23-26(2)3)49(47,48)31-13-11-29(12-14-31)22-38-46/h6-18,22,26-27,32-34,43,46H,5,19-21,23-25H2,1-4H3,(H,39,44)/b38-22+/t27-,32-,33+,34-/m0/s1. The smallest absolute Gasteiger partial charge is 0.321 e. The number of amides is 3. The van der Waals surface area contributed by atoms with Gasteiger partial charge in [0.1, 0.15) is 6.04 Å². The third kappa shape index (κ3) is 9.87. The number of pyridine rings is 1. The van der Waals surface area contributed by atoms with E-state index in [1.54, 1.807) is 22.2 Å². The predicted octanol–water partition coefficient (Wildman–Crippen LogP) is 3.98. The lowest BCUT2D eigenvalue weighted by Gasteiger charge is -2.35. The number of benzene rings is 2. The molecule has 0 saturated carbocycles. The Morgan fingerprint density at radius 2 is 1.67 bits per heavy atom. The Bertz CT molecular complexity index is 1640. The largest absolute Gasteiger partial charge is 0.411 e. The quantitative estimate of drug-likeness (QED) is 0.110. The number of aliphatic hydroxyl groups excluding tert-OH is 1. The van der Waals surface area contributed by atoms with E-state index in [0.29, 0.717) is 31.6 Å². The summed E-state index contributed by atoms with van der Waals surface area (Å²) in [6.45, 7) is 8.79. The van der Waals surface area contributed by atoms with Crippen LogP contribution in [0.15, 0.2) is 89.2 Å². The van der Waals surface area contributed by atoms with Crippen LogP contribution < -0.4 is 5.32 Å². The monoisotopic (exact) mass is 692 g/mol. The van der Waals surface area contributed by atoms with Crippen molar-refractivity contribution in [2.75, 3.05) is 26.2 Å². The molecule has 49 heavy (non-hydrogen) atoms. The molecule has 1 aliphatic rings. The number of aliphatic hydroxyl groups is 1. The highest BCUT2D eigenvalue weighted by atomic mass is 32.2. The summed E-state index contributed by atoms with van der Waals surface area (Å²) in [5.74, 6) is -0.639. The zero-order chi connectivity index (χ0) is 35.6. The average Bonchev–Trinajstić information content (AvgIpc) is 3.43. The molecular weight excluding hydrogens is 644 g/mol. The number of carbonyl (C=O) groups excluding carboxylic acids is 2. The number of carbonyl (C=O) groups is 2. The zero-order valence-electron chi connectivity index (χ0n) is 28.6. The normalized spacial score (nSPS) is 16.3. The van der Waals surface area contributed by atoms with Crippen molar-refractivity contribution >= 4 is 28.2 Å². The van der Waals surface area contributed by atoms with Crippen molar-refractivity contribution in [1.29, 1.82) is 0 Å². The highest BCUT2D eigenvalue weighted by molar-refractivity contribution is 7.89. The SMILES string of the molecule is CC[C@H](C)[C@@H](C(=O)N[C@@H](Cc1ccccc1)[C@H](O)CN(CC(C)C)S(=O)(=O)c1ccc(/C=N/O)cc1)N1CCN(Cc2ccncc2)C1=O. The molecular formula is C36H48N6O6S. The number of urea groups is 1. The third-order valence-electron chi connectivity index (χ3n) is 8.81. The molecule has 3 amide bonds. The average molecular weight is 693 g/mol. The minimum absolute atomic E-state index is 0.0276. The van der Waals surface area contributed by atoms with Gasteiger partial charge in [0.05, 0.1) is 23.3 Å². The molecule has 13 heteroatoms. The second-order valence-electron chi connectivity index (χ2n) is 13.0. The lowest BCUT2D eigenvalue weighted by Crippen LogP contribution is -2.57. The van der Waals surface area contributed by atoms with Crippen LogP contribution in [0.1, 0.15) is 50.8 Å². The molecule has 1 aromatic heterocycles. The summed E-state index contributed by atoms with van der Waals surface area (Å²) < 4.78 is 29.0. The maximum Gasteiger partial charge on any atom is 0.321 e. The van der Waals surface area contributed by atoms with E-state index >= 15 is 0 Å². The van der Waals surface area contributed by atoms with E-state index in [1.807, 2.05) is 70.2 Å². The van der Waals surface area contributed by atoms with Crippen LogP contribution >= 0.6 is 0 Å². The first-order chi connectivity index (χ1) is 23.4. The van der Waals surface area contributed by atoms with E-state index in [2.05, 4.69) is 15.5 Å². The van der Waals surface area contributed by atoms with Crippen molar-refractivity contribution in [3.8, 4) is 0 Å². The van der Waals surface area contributed by atoms with Crippen molar-refractivity contribution < 1.29 is 28.3 Å². The van der Waals surface area contributed by atoms with Crippen molar-refractivity contribution in [2.24, 2.45) is 17.0 Å². The Kier molecular flexibility index (Phi) is 13.3. The van der Waals surface area contributed by atoms with E-state index in [-0.39, 0.29) is 42.3 Å². The summed E-state index contributed by atoms with van der Waals surface area (Å²) in [6.07, 6.45) is 4.16. The molecule has 0 unspecified atom stereocenters. The molecule has 1 saturated heterocycles. The molecule has 3 N–H and O–H groups in total. The Morgan fingerprint density at radius 1 is 1.00 bits per heavy atom. The first kappa shape index (κ1) is 37.5. The molecule has 264 valence electrons. The third-order valence-corrected chi connectivity index (χ3v) is 10.7. The maximum absolute atomic E-state index is 14.2. The molecule has 0 aliphatic carbocycles. The van der Waals surface area contributed by atoms with Gasteiger partial charge in [-0.15, -0.1) is 0 Å². The van der Waals surface area contributed by atoms with Crippen LogP contribution in [0.4, 0.5) is 4.79 Å². The first-order valence-corrected chi connectivity index (χ1v) is 18.1. The van der Waals surface area contributed by atoms with Crippen LogP contribution in [0, 0.1) is 11.8 Å². The number of nitrogens with one attached hydrogen (secondary N) is 1. The van der Waals surface area contributed by atoms with Gasteiger partial charge in [-0.05, 0) is 59.2 Å². The Hall–Kier alpha value is -4.33. The fraction of sp³-hybridized carbons (Fsp3) is 0.444.